The summed E-state index contributed by atoms with van der Waals surface area (Å²) in [7, 11) is 0. The Bertz CT molecular complexity index is 349. The minimum atomic E-state index is -1.11. The van der Waals surface area contributed by atoms with Crippen molar-refractivity contribution >= 4 is 17.8 Å². The van der Waals surface area contributed by atoms with Crippen molar-refractivity contribution in [2.24, 2.45) is 17.2 Å². The van der Waals surface area contributed by atoms with Gasteiger partial charge in [0.25, 0.3) is 0 Å². The lowest BCUT2D eigenvalue weighted by molar-refractivity contribution is -0.138. The van der Waals surface area contributed by atoms with Crippen LogP contribution in [0.5, 0.6) is 0 Å². The number of carbonyl (C=O) groups excluding carboxylic acids is 2. The molecule has 0 aliphatic rings. The standard InChI is InChI=1S/C12H25NO.C5H10N2O3/c1-2-3-4-5-6-7-8-9-10-11-12(13)14;6-3(5(9)10)1-2-4(7)8/h2-11H2,1H3,(H2,13,14);3H,1-2,6H2,(H2,7,8)(H,9,10). The first-order valence-corrected chi connectivity index (χ1v) is 8.86. The number of hydrogen-bond donors (Lipinski definition) is 4. The van der Waals surface area contributed by atoms with Crippen molar-refractivity contribution in [3.63, 3.8) is 0 Å². The van der Waals surface area contributed by atoms with Crippen LogP contribution in [0.3, 0.4) is 0 Å². The second kappa shape index (κ2) is 17.7. The highest BCUT2D eigenvalue weighted by Gasteiger charge is 2.11. The predicted molar refractivity (Wildman–Crippen MR) is 95.1 cm³/mol. The van der Waals surface area contributed by atoms with Gasteiger partial charge in [0.1, 0.15) is 6.04 Å². The van der Waals surface area contributed by atoms with Gasteiger partial charge in [0, 0.05) is 12.8 Å². The van der Waals surface area contributed by atoms with E-state index in [0.717, 1.165) is 12.8 Å². The van der Waals surface area contributed by atoms with Crippen molar-refractivity contribution in [1.82, 2.24) is 0 Å². The number of hydrogen-bond acceptors (Lipinski definition) is 4. The number of carbonyl (C=O) groups is 3. The Morgan fingerprint density at radius 1 is 0.792 bits per heavy atom. The van der Waals surface area contributed by atoms with Gasteiger partial charge in [-0.2, -0.15) is 0 Å². The number of carboxylic acids is 1. The van der Waals surface area contributed by atoms with E-state index in [1.54, 1.807) is 0 Å². The Morgan fingerprint density at radius 3 is 1.58 bits per heavy atom. The highest BCUT2D eigenvalue weighted by molar-refractivity contribution is 5.77. The van der Waals surface area contributed by atoms with E-state index in [2.05, 4.69) is 6.92 Å². The summed E-state index contributed by atoms with van der Waals surface area (Å²) >= 11 is 0. The van der Waals surface area contributed by atoms with Gasteiger partial charge < -0.3 is 22.3 Å². The van der Waals surface area contributed by atoms with E-state index < -0.39 is 17.9 Å². The number of primary amides is 2. The van der Waals surface area contributed by atoms with Crippen LogP contribution in [0.2, 0.25) is 0 Å². The predicted octanol–water partition coefficient (Wildman–Crippen LogP) is 2.06. The smallest absolute Gasteiger partial charge is 0.320 e. The van der Waals surface area contributed by atoms with Gasteiger partial charge in [-0.25, -0.2) is 0 Å². The van der Waals surface area contributed by atoms with E-state index in [0.29, 0.717) is 6.42 Å². The average molecular weight is 345 g/mol. The van der Waals surface area contributed by atoms with E-state index in [1.807, 2.05) is 0 Å². The molecule has 7 nitrogen and oxygen atoms in total. The second-order valence-corrected chi connectivity index (χ2v) is 5.99. The summed E-state index contributed by atoms with van der Waals surface area (Å²) in [5, 5.41) is 8.22. The van der Waals surface area contributed by atoms with Gasteiger partial charge in [-0.1, -0.05) is 58.3 Å². The summed E-state index contributed by atoms with van der Waals surface area (Å²) < 4.78 is 0. The van der Waals surface area contributed by atoms with E-state index in [9.17, 15) is 14.4 Å². The first kappa shape index (κ1) is 24.6. The summed E-state index contributed by atoms with van der Waals surface area (Å²) in [4.78, 5) is 30.6. The highest BCUT2D eigenvalue weighted by Crippen LogP contribution is 2.10. The third-order valence-corrected chi connectivity index (χ3v) is 3.55. The fraction of sp³-hybridized carbons (Fsp3) is 0.824. The van der Waals surface area contributed by atoms with E-state index in [1.165, 1.54) is 44.9 Å². The van der Waals surface area contributed by atoms with Crippen LogP contribution in [0.1, 0.15) is 84.0 Å². The summed E-state index contributed by atoms with van der Waals surface area (Å²) in [6.45, 7) is 2.24. The number of nitrogens with two attached hydrogens (primary N) is 3. The van der Waals surface area contributed by atoms with Crippen molar-refractivity contribution in [3.8, 4) is 0 Å². The minimum Gasteiger partial charge on any atom is -0.480 e. The summed E-state index contributed by atoms with van der Waals surface area (Å²) in [6.07, 6.45) is 12.2. The molecule has 0 heterocycles. The molecule has 0 aliphatic carbocycles. The Kier molecular flexibility index (Phi) is 18.2. The van der Waals surface area contributed by atoms with Crippen LogP contribution in [0, 0.1) is 0 Å². The summed E-state index contributed by atoms with van der Waals surface area (Å²) in [5.74, 6) is -1.80. The Morgan fingerprint density at radius 2 is 1.21 bits per heavy atom. The molecule has 1 atom stereocenters. The normalized spacial score (nSPS) is 11.2. The first-order chi connectivity index (χ1) is 11.3. The maximum Gasteiger partial charge on any atom is 0.320 e. The second-order valence-electron chi connectivity index (χ2n) is 5.99. The Balaban J connectivity index is 0. The molecule has 0 rings (SSSR count). The SMILES string of the molecule is CCCCCCCCCCCC(N)=O.NC(=O)CCC(N)C(=O)O. The van der Waals surface area contributed by atoms with Crippen LogP contribution in [-0.2, 0) is 14.4 Å². The Labute approximate surface area is 145 Å². The maximum absolute atomic E-state index is 10.4. The van der Waals surface area contributed by atoms with Gasteiger partial charge in [-0.05, 0) is 12.8 Å². The van der Waals surface area contributed by atoms with Gasteiger partial charge in [-0.3, -0.25) is 14.4 Å². The molecule has 142 valence electrons. The molecule has 0 aliphatic heterocycles. The molecule has 0 saturated carbocycles. The van der Waals surface area contributed by atoms with Crippen LogP contribution in [0.15, 0.2) is 0 Å². The molecule has 24 heavy (non-hydrogen) atoms. The van der Waals surface area contributed by atoms with Crippen LogP contribution < -0.4 is 17.2 Å². The average Bonchev–Trinajstić information content (AvgIpc) is 2.51. The third-order valence-electron chi connectivity index (χ3n) is 3.55. The van der Waals surface area contributed by atoms with Gasteiger partial charge in [0.05, 0.1) is 0 Å². The van der Waals surface area contributed by atoms with Gasteiger partial charge in [0.15, 0.2) is 0 Å². The van der Waals surface area contributed by atoms with Gasteiger partial charge in [0.2, 0.25) is 11.8 Å². The van der Waals surface area contributed by atoms with Crippen molar-refractivity contribution in [3.05, 3.63) is 0 Å². The lowest BCUT2D eigenvalue weighted by atomic mass is 10.1. The van der Waals surface area contributed by atoms with Crippen LogP contribution >= 0.6 is 0 Å². The van der Waals surface area contributed by atoms with Crippen LogP contribution in [0.25, 0.3) is 0 Å². The van der Waals surface area contributed by atoms with Crippen molar-refractivity contribution in [2.45, 2.75) is 90.0 Å². The molecule has 1 unspecified atom stereocenters. The fourth-order valence-corrected chi connectivity index (χ4v) is 2.03. The molecular weight excluding hydrogens is 310 g/mol. The highest BCUT2D eigenvalue weighted by atomic mass is 16.4. The number of unbranched alkanes of at least 4 members (excludes halogenated alkanes) is 8. The summed E-state index contributed by atoms with van der Waals surface area (Å²) in [5.41, 5.74) is 14.9. The monoisotopic (exact) mass is 345 g/mol. The first-order valence-electron chi connectivity index (χ1n) is 8.86. The molecule has 7 heteroatoms. The molecule has 2 amide bonds. The molecule has 0 aromatic heterocycles. The molecule has 0 saturated heterocycles. The zero-order chi connectivity index (χ0) is 18.8. The largest absolute Gasteiger partial charge is 0.480 e. The molecule has 0 fully saturated rings. The summed E-state index contributed by atoms with van der Waals surface area (Å²) in [6, 6.07) is -0.979. The van der Waals surface area contributed by atoms with Gasteiger partial charge in [-0.15, -0.1) is 0 Å². The molecule has 0 aromatic rings. The van der Waals surface area contributed by atoms with Crippen LogP contribution in [-0.4, -0.2) is 28.9 Å². The molecule has 0 aromatic carbocycles. The van der Waals surface area contributed by atoms with Crippen LogP contribution in [0.4, 0.5) is 0 Å². The van der Waals surface area contributed by atoms with E-state index in [-0.39, 0.29) is 18.7 Å². The topological polar surface area (TPSA) is 150 Å². The number of amides is 2. The lowest BCUT2D eigenvalue weighted by Crippen LogP contribution is -2.31. The van der Waals surface area contributed by atoms with Crippen molar-refractivity contribution < 1.29 is 19.5 Å². The fourth-order valence-electron chi connectivity index (χ4n) is 2.03. The lowest BCUT2D eigenvalue weighted by Gasteiger charge is -2.01. The zero-order valence-corrected chi connectivity index (χ0v) is 15.0. The van der Waals surface area contributed by atoms with Crippen molar-refractivity contribution in [2.75, 3.05) is 0 Å². The van der Waals surface area contributed by atoms with Gasteiger partial charge >= 0.3 is 5.97 Å². The maximum atomic E-state index is 10.4. The van der Waals surface area contributed by atoms with Crippen molar-refractivity contribution in [1.29, 1.82) is 0 Å². The zero-order valence-electron chi connectivity index (χ0n) is 15.0. The molecular formula is C17H35N3O4. The minimum absolute atomic E-state index is 0.0213. The number of carboxylic acid groups (broad SMARTS) is 1. The third kappa shape index (κ3) is 22.6. The Hall–Kier alpha value is -1.63. The molecule has 0 radical (unpaired) electrons. The molecule has 0 spiro atoms. The number of rotatable bonds is 14. The number of aliphatic carboxylic acids is 1. The molecule has 7 N–H and O–H groups in total. The quantitative estimate of drug-likeness (QED) is 0.355. The van der Waals surface area contributed by atoms with E-state index in [4.69, 9.17) is 22.3 Å². The molecule has 0 bridgehead atoms. The van der Waals surface area contributed by atoms with E-state index >= 15 is 0 Å².